The molecule has 3 aromatic rings. The van der Waals surface area contributed by atoms with Gasteiger partial charge in [-0.25, -0.2) is 0 Å². The Labute approximate surface area is 215 Å². The summed E-state index contributed by atoms with van der Waals surface area (Å²) in [6.07, 6.45) is 8.16. The molecule has 1 spiro atoms. The number of hydrogen-bond donors (Lipinski definition) is 0. The van der Waals surface area contributed by atoms with E-state index in [1.165, 1.54) is 5.39 Å². The van der Waals surface area contributed by atoms with E-state index in [0.29, 0.717) is 24.7 Å². The Morgan fingerprint density at radius 3 is 2.38 bits per heavy atom. The SMILES string of the molecule is CCOc1cc(/C=N\N2C(=O)[C@@H]3[C@H](C2=O)[C@H]2C=C[C@H]3C23CC3)ccc1OCc1cccc2ccccc12. The number of ether oxygens (including phenoxy) is 2. The van der Waals surface area contributed by atoms with E-state index in [2.05, 4.69) is 41.5 Å². The van der Waals surface area contributed by atoms with E-state index < -0.39 is 0 Å². The van der Waals surface area contributed by atoms with Crippen LogP contribution >= 0.6 is 0 Å². The molecule has 3 aliphatic carbocycles. The van der Waals surface area contributed by atoms with Gasteiger partial charge in [-0.2, -0.15) is 10.1 Å². The summed E-state index contributed by atoms with van der Waals surface area (Å²) < 4.78 is 12.0. The topological polar surface area (TPSA) is 68.2 Å². The van der Waals surface area contributed by atoms with Crippen LogP contribution in [0.2, 0.25) is 0 Å². The van der Waals surface area contributed by atoms with Gasteiger partial charge in [0.1, 0.15) is 6.61 Å². The molecule has 0 unspecified atom stereocenters. The Morgan fingerprint density at radius 2 is 1.65 bits per heavy atom. The van der Waals surface area contributed by atoms with Crippen LogP contribution in [-0.2, 0) is 16.2 Å². The fourth-order valence-electron chi connectivity index (χ4n) is 6.87. The highest BCUT2D eigenvalue weighted by Crippen LogP contribution is 2.73. The molecule has 2 bridgehead atoms. The van der Waals surface area contributed by atoms with Gasteiger partial charge in [-0.3, -0.25) is 9.59 Å². The molecule has 1 aliphatic heterocycles. The van der Waals surface area contributed by atoms with Gasteiger partial charge < -0.3 is 9.47 Å². The van der Waals surface area contributed by atoms with Gasteiger partial charge in [0, 0.05) is 0 Å². The van der Waals surface area contributed by atoms with Gasteiger partial charge in [0.25, 0.3) is 11.8 Å². The average molecular weight is 493 g/mol. The second-order valence-electron chi connectivity index (χ2n) is 10.5. The zero-order chi connectivity index (χ0) is 25.1. The van der Waals surface area contributed by atoms with Crippen LogP contribution in [0, 0.1) is 29.1 Å². The molecule has 37 heavy (non-hydrogen) atoms. The number of nitrogens with zero attached hydrogens (tertiary/aromatic N) is 2. The number of fused-ring (bicyclic) bond motifs is 4. The van der Waals surface area contributed by atoms with Crippen LogP contribution in [0.4, 0.5) is 0 Å². The molecule has 4 aliphatic rings. The Hall–Kier alpha value is -3.93. The lowest BCUT2D eigenvalue weighted by molar-refractivity contribution is -0.141. The molecule has 186 valence electrons. The second-order valence-corrected chi connectivity index (χ2v) is 10.5. The average Bonchev–Trinajstić information content (AvgIpc) is 3.52. The number of imide groups is 1. The maximum absolute atomic E-state index is 13.2. The minimum Gasteiger partial charge on any atom is -0.490 e. The van der Waals surface area contributed by atoms with Gasteiger partial charge in [0.2, 0.25) is 0 Å². The Balaban J connectivity index is 1.09. The summed E-state index contributed by atoms with van der Waals surface area (Å²) >= 11 is 0. The van der Waals surface area contributed by atoms with Crippen molar-refractivity contribution in [2.75, 3.05) is 6.61 Å². The maximum Gasteiger partial charge on any atom is 0.254 e. The van der Waals surface area contributed by atoms with Crippen molar-refractivity contribution in [1.29, 1.82) is 0 Å². The summed E-state index contributed by atoms with van der Waals surface area (Å²) in [5, 5.41) is 7.78. The van der Waals surface area contributed by atoms with Gasteiger partial charge in [-0.1, -0.05) is 54.6 Å². The molecule has 6 heteroatoms. The molecule has 6 nitrogen and oxygen atoms in total. The first-order valence-corrected chi connectivity index (χ1v) is 13.1. The van der Waals surface area contributed by atoms with Crippen molar-refractivity contribution in [3.8, 4) is 11.5 Å². The van der Waals surface area contributed by atoms with Gasteiger partial charge >= 0.3 is 0 Å². The summed E-state index contributed by atoms with van der Waals surface area (Å²) in [6, 6.07) is 20.0. The summed E-state index contributed by atoms with van der Waals surface area (Å²) in [4.78, 5) is 26.3. The van der Waals surface area contributed by atoms with Crippen LogP contribution in [0.15, 0.2) is 77.9 Å². The maximum atomic E-state index is 13.2. The highest BCUT2D eigenvalue weighted by molar-refractivity contribution is 6.07. The van der Waals surface area contributed by atoms with Crippen LogP contribution in [-0.4, -0.2) is 29.6 Å². The second kappa shape index (κ2) is 8.30. The first kappa shape index (κ1) is 22.3. The van der Waals surface area contributed by atoms with E-state index in [1.54, 1.807) is 6.21 Å². The predicted molar refractivity (Wildman–Crippen MR) is 140 cm³/mol. The van der Waals surface area contributed by atoms with E-state index in [9.17, 15) is 9.59 Å². The van der Waals surface area contributed by atoms with E-state index >= 15 is 0 Å². The van der Waals surface area contributed by atoms with E-state index in [0.717, 1.165) is 34.4 Å². The molecule has 0 N–H and O–H groups in total. The molecule has 0 aromatic heterocycles. The fourth-order valence-corrected chi connectivity index (χ4v) is 6.87. The van der Waals surface area contributed by atoms with Gasteiger partial charge in [-0.05, 0) is 77.1 Å². The van der Waals surface area contributed by atoms with Crippen LogP contribution in [0.1, 0.15) is 30.9 Å². The lowest BCUT2D eigenvalue weighted by Gasteiger charge is -2.18. The third kappa shape index (κ3) is 3.35. The van der Waals surface area contributed by atoms with Crippen LogP contribution in [0.25, 0.3) is 10.8 Å². The number of benzene rings is 3. The number of allylic oxidation sites excluding steroid dienone is 2. The molecule has 3 aromatic carbocycles. The minimum atomic E-state index is -0.244. The van der Waals surface area contributed by atoms with E-state index in [4.69, 9.17) is 9.47 Å². The molecule has 2 amide bonds. The van der Waals surface area contributed by atoms with E-state index in [-0.39, 0.29) is 40.9 Å². The number of carbonyl (C=O) groups excluding carboxylic acids is 2. The summed E-state index contributed by atoms with van der Waals surface area (Å²) in [7, 11) is 0. The zero-order valence-electron chi connectivity index (χ0n) is 20.7. The van der Waals surface area contributed by atoms with Crippen molar-refractivity contribution in [3.63, 3.8) is 0 Å². The lowest BCUT2D eigenvalue weighted by Crippen LogP contribution is -2.30. The number of hydrazone groups is 1. The highest BCUT2D eigenvalue weighted by atomic mass is 16.5. The van der Waals surface area contributed by atoms with Crippen molar-refractivity contribution in [3.05, 3.63) is 83.9 Å². The quantitative estimate of drug-likeness (QED) is 0.253. The number of rotatable bonds is 7. The number of amides is 2. The molecule has 1 heterocycles. The molecule has 1 saturated heterocycles. The predicted octanol–water partition coefficient (Wildman–Crippen LogP) is 5.35. The summed E-state index contributed by atoms with van der Waals surface area (Å²) in [5.74, 6) is 0.817. The smallest absolute Gasteiger partial charge is 0.254 e. The third-order valence-electron chi connectivity index (χ3n) is 8.68. The van der Waals surface area contributed by atoms with Crippen molar-refractivity contribution in [2.45, 2.75) is 26.4 Å². The van der Waals surface area contributed by atoms with Crippen LogP contribution in [0.5, 0.6) is 11.5 Å². The largest absolute Gasteiger partial charge is 0.490 e. The first-order valence-electron chi connectivity index (χ1n) is 13.1. The zero-order valence-corrected chi connectivity index (χ0v) is 20.7. The molecule has 3 fully saturated rings. The molecule has 7 rings (SSSR count). The molecule has 2 saturated carbocycles. The molecule has 0 radical (unpaired) electrons. The van der Waals surface area contributed by atoms with Crippen LogP contribution < -0.4 is 9.47 Å². The van der Waals surface area contributed by atoms with Gasteiger partial charge in [0.05, 0.1) is 24.7 Å². The summed E-state index contributed by atoms with van der Waals surface area (Å²) in [6.45, 7) is 2.81. The fraction of sp³-hybridized carbons (Fsp3) is 0.323. The minimum absolute atomic E-state index is 0.158. The monoisotopic (exact) mass is 492 g/mol. The Morgan fingerprint density at radius 1 is 0.919 bits per heavy atom. The third-order valence-corrected chi connectivity index (χ3v) is 8.68. The normalized spacial score (nSPS) is 26.6. The molecular weight excluding hydrogens is 464 g/mol. The van der Waals surface area contributed by atoms with Gasteiger partial charge in [0.15, 0.2) is 11.5 Å². The Kier molecular flexibility index (Phi) is 5.00. The first-order chi connectivity index (χ1) is 18.1. The van der Waals surface area contributed by atoms with Crippen molar-refractivity contribution in [2.24, 2.45) is 34.2 Å². The summed E-state index contributed by atoms with van der Waals surface area (Å²) in [5.41, 5.74) is 2.02. The number of carbonyl (C=O) groups is 2. The highest BCUT2D eigenvalue weighted by Gasteiger charge is 2.73. The van der Waals surface area contributed by atoms with E-state index in [1.807, 2.05) is 43.3 Å². The van der Waals surface area contributed by atoms with Crippen molar-refractivity contribution >= 4 is 28.8 Å². The van der Waals surface area contributed by atoms with Crippen LogP contribution in [0.3, 0.4) is 0 Å². The standard InChI is InChI=1S/C31H28N2O4/c1-2-36-26-16-19(10-13-25(26)37-18-21-8-5-7-20-6-3-4-9-22(20)21)17-32-33-29(34)27-23-11-12-24(28(27)30(33)35)31(23)14-15-31/h3-13,16-17,23-24,27-28H,2,14-15,18H2,1H3/b32-17-/t23-,24-,27-,28+/m1/s1. The lowest BCUT2D eigenvalue weighted by atomic mass is 9.85. The number of hydrogen-bond acceptors (Lipinski definition) is 5. The molecular formula is C31H28N2O4. The van der Waals surface area contributed by atoms with Crippen molar-refractivity contribution in [1.82, 2.24) is 5.01 Å². The molecule has 4 atom stereocenters. The van der Waals surface area contributed by atoms with Gasteiger partial charge in [-0.15, -0.1) is 0 Å². The van der Waals surface area contributed by atoms with Crippen molar-refractivity contribution < 1.29 is 19.1 Å². The Bertz CT molecular complexity index is 1450.